The molecule has 0 heterocycles. The second-order valence-electron chi connectivity index (χ2n) is 7.91. The molecule has 7 heteroatoms. The quantitative estimate of drug-likeness (QED) is 0.555. The van der Waals surface area contributed by atoms with Gasteiger partial charge in [-0.3, -0.25) is 4.79 Å². The summed E-state index contributed by atoms with van der Waals surface area (Å²) in [7, 11) is 0. The second-order valence-corrected chi connectivity index (χ2v) is 9.13. The van der Waals surface area contributed by atoms with Gasteiger partial charge in [0.1, 0.15) is 0 Å². The number of carbonyl (C=O) groups is 1. The van der Waals surface area contributed by atoms with Gasteiger partial charge in [0.25, 0.3) is 5.91 Å². The van der Waals surface area contributed by atoms with E-state index in [-0.39, 0.29) is 18.2 Å². The van der Waals surface area contributed by atoms with E-state index in [1.807, 2.05) is 6.92 Å². The fourth-order valence-electron chi connectivity index (χ4n) is 3.75. The summed E-state index contributed by atoms with van der Waals surface area (Å²) in [6.45, 7) is 4.43. The predicted octanol–water partition coefficient (Wildman–Crippen LogP) is 4.93. The molecule has 0 spiro atoms. The molecular weight excluding hydrogens is 394 g/mol. The van der Waals surface area contributed by atoms with Gasteiger partial charge in [-0.1, -0.05) is 13.8 Å². The number of hydrogen-bond acceptors (Lipinski definition) is 4. The number of aliphatic hydroxyl groups excluding tert-OH is 1. The Morgan fingerprint density at radius 1 is 1.28 bits per heavy atom. The number of thioether (sulfide) groups is 1. The zero-order valence-electron chi connectivity index (χ0n) is 16.5. The lowest BCUT2D eigenvalue weighted by Gasteiger charge is -2.44. The summed E-state index contributed by atoms with van der Waals surface area (Å²) in [5, 5.41) is 12.3. The Kier molecular flexibility index (Phi) is 6.80. The Bertz CT molecular complexity index is 893. The summed E-state index contributed by atoms with van der Waals surface area (Å²) >= 11 is 1.67. The first-order chi connectivity index (χ1) is 13.8. The highest BCUT2D eigenvalue weighted by atomic mass is 32.2. The third kappa shape index (κ3) is 5.08. The number of nitrogens with one attached hydrogen (secondary N) is 1. The minimum Gasteiger partial charge on any atom is -0.398 e. The number of nitrogens with two attached hydrogens (primary N) is 1. The van der Waals surface area contributed by atoms with Crippen molar-refractivity contribution in [3.05, 3.63) is 53.6 Å². The second kappa shape index (κ2) is 9.13. The smallest absolute Gasteiger partial charge is 0.255 e. The molecule has 2 aromatic rings. The van der Waals surface area contributed by atoms with Crippen LogP contribution in [-0.2, 0) is 0 Å². The summed E-state index contributed by atoms with van der Waals surface area (Å²) < 4.78 is 26.4. The Morgan fingerprint density at radius 3 is 2.69 bits per heavy atom. The van der Waals surface area contributed by atoms with Crippen molar-refractivity contribution in [1.82, 2.24) is 0 Å². The van der Waals surface area contributed by atoms with Crippen LogP contribution in [0.4, 0.5) is 20.2 Å². The first kappa shape index (κ1) is 21.6. The summed E-state index contributed by atoms with van der Waals surface area (Å²) in [5.74, 6) is -1.08. The normalized spacial score (nSPS) is 22.0. The number of amides is 1. The van der Waals surface area contributed by atoms with E-state index >= 15 is 0 Å². The number of anilines is 2. The summed E-state index contributed by atoms with van der Waals surface area (Å²) in [6, 6.07) is 8.28. The molecule has 1 saturated carbocycles. The lowest BCUT2D eigenvalue weighted by molar-refractivity contribution is 0.102. The lowest BCUT2D eigenvalue weighted by atomic mass is 9.71. The molecule has 0 aromatic heterocycles. The van der Waals surface area contributed by atoms with Gasteiger partial charge in [0.2, 0.25) is 0 Å². The largest absolute Gasteiger partial charge is 0.398 e. The number of aliphatic hydroxyl groups is 1. The van der Waals surface area contributed by atoms with Crippen molar-refractivity contribution in [2.45, 2.75) is 36.8 Å². The van der Waals surface area contributed by atoms with Gasteiger partial charge < -0.3 is 16.2 Å². The monoisotopic (exact) mass is 420 g/mol. The maximum atomic E-state index is 13.4. The highest BCUT2D eigenvalue weighted by Gasteiger charge is 2.39. The molecule has 4 unspecified atom stereocenters. The van der Waals surface area contributed by atoms with E-state index in [4.69, 9.17) is 5.73 Å². The molecule has 29 heavy (non-hydrogen) atoms. The van der Waals surface area contributed by atoms with Gasteiger partial charge in [0.15, 0.2) is 11.6 Å². The van der Waals surface area contributed by atoms with Gasteiger partial charge in [-0.2, -0.15) is 0 Å². The van der Waals surface area contributed by atoms with Crippen LogP contribution in [0.15, 0.2) is 41.3 Å². The van der Waals surface area contributed by atoms with Crippen molar-refractivity contribution in [1.29, 1.82) is 0 Å². The average Bonchev–Trinajstić information content (AvgIpc) is 2.69. The third-order valence-corrected chi connectivity index (χ3v) is 7.16. The van der Waals surface area contributed by atoms with Crippen molar-refractivity contribution >= 4 is 29.0 Å². The molecule has 1 aliphatic carbocycles. The number of rotatable bonds is 7. The van der Waals surface area contributed by atoms with Crippen molar-refractivity contribution in [3.63, 3.8) is 0 Å². The van der Waals surface area contributed by atoms with Crippen LogP contribution in [0.3, 0.4) is 0 Å². The summed E-state index contributed by atoms with van der Waals surface area (Å²) in [5.41, 5.74) is 7.33. The molecule has 4 atom stereocenters. The van der Waals surface area contributed by atoms with Crippen molar-refractivity contribution in [2.24, 2.45) is 17.8 Å². The van der Waals surface area contributed by atoms with Crippen molar-refractivity contribution < 1.29 is 18.7 Å². The van der Waals surface area contributed by atoms with Gasteiger partial charge in [-0.25, -0.2) is 8.78 Å². The number of benzene rings is 2. The van der Waals surface area contributed by atoms with Crippen LogP contribution in [0, 0.1) is 29.4 Å². The van der Waals surface area contributed by atoms with E-state index in [0.29, 0.717) is 28.3 Å². The molecule has 1 aliphatic rings. The molecule has 0 radical (unpaired) electrons. The first-order valence-corrected chi connectivity index (χ1v) is 10.6. The lowest BCUT2D eigenvalue weighted by Crippen LogP contribution is -2.39. The van der Waals surface area contributed by atoms with Gasteiger partial charge in [-0.05, 0) is 60.9 Å². The standard InChI is InChI=1S/C22H26F2N2O2S/c1-12(11-27)7-15-8-13(2)21(15)29-20-9-14(3-6-19(20)25)22(28)26-16-4-5-17(23)18(24)10-16/h3-6,9-10,12-13,15,21,27H,7-8,11,25H2,1-2H3,(H,26,28). The molecule has 4 nitrogen and oxygen atoms in total. The molecule has 2 aromatic carbocycles. The number of hydrogen-bond donors (Lipinski definition) is 3. The van der Waals surface area contributed by atoms with E-state index < -0.39 is 17.5 Å². The zero-order valence-corrected chi connectivity index (χ0v) is 17.3. The molecule has 156 valence electrons. The van der Waals surface area contributed by atoms with E-state index in [0.717, 1.165) is 29.9 Å². The Hall–Kier alpha value is -2.12. The van der Waals surface area contributed by atoms with Crippen LogP contribution in [0.2, 0.25) is 0 Å². The van der Waals surface area contributed by atoms with Crippen LogP contribution >= 0.6 is 11.8 Å². The zero-order chi connectivity index (χ0) is 21.1. The molecule has 0 bridgehead atoms. The number of carbonyl (C=O) groups excluding carboxylic acids is 1. The Labute approximate surface area is 173 Å². The molecule has 3 rings (SSSR count). The summed E-state index contributed by atoms with van der Waals surface area (Å²) in [4.78, 5) is 13.4. The van der Waals surface area contributed by atoms with Crippen LogP contribution < -0.4 is 11.1 Å². The van der Waals surface area contributed by atoms with E-state index in [1.165, 1.54) is 6.07 Å². The maximum Gasteiger partial charge on any atom is 0.255 e. The molecular formula is C22H26F2N2O2S. The number of nitrogen functional groups attached to an aromatic ring is 1. The van der Waals surface area contributed by atoms with Gasteiger partial charge >= 0.3 is 0 Å². The predicted molar refractivity (Wildman–Crippen MR) is 113 cm³/mol. The fourth-order valence-corrected chi connectivity index (χ4v) is 5.20. The first-order valence-electron chi connectivity index (χ1n) is 9.72. The average molecular weight is 421 g/mol. The van der Waals surface area contributed by atoms with Crippen LogP contribution in [0.1, 0.15) is 37.0 Å². The summed E-state index contributed by atoms with van der Waals surface area (Å²) in [6.07, 6.45) is 2.09. The van der Waals surface area contributed by atoms with Crippen molar-refractivity contribution in [2.75, 3.05) is 17.7 Å². The Balaban J connectivity index is 1.72. The van der Waals surface area contributed by atoms with Gasteiger partial charge in [-0.15, -0.1) is 11.8 Å². The SMILES string of the molecule is CC(CO)CC1CC(C)C1Sc1cc(C(=O)Nc2ccc(F)c(F)c2)ccc1N. The number of halogens is 2. The van der Waals surface area contributed by atoms with Crippen LogP contribution in [-0.4, -0.2) is 22.9 Å². The molecule has 1 amide bonds. The van der Waals surface area contributed by atoms with E-state index in [9.17, 15) is 18.7 Å². The van der Waals surface area contributed by atoms with Crippen LogP contribution in [0.5, 0.6) is 0 Å². The van der Waals surface area contributed by atoms with E-state index in [1.54, 1.807) is 30.0 Å². The molecule has 0 aliphatic heterocycles. The molecule has 1 fully saturated rings. The molecule has 0 saturated heterocycles. The topological polar surface area (TPSA) is 75.3 Å². The third-order valence-electron chi connectivity index (χ3n) is 5.43. The fraction of sp³-hybridized carbons (Fsp3) is 0.409. The highest BCUT2D eigenvalue weighted by Crippen LogP contribution is 2.49. The van der Waals surface area contributed by atoms with Gasteiger partial charge in [0.05, 0.1) is 0 Å². The Morgan fingerprint density at radius 2 is 2.03 bits per heavy atom. The molecule has 4 N–H and O–H groups in total. The van der Waals surface area contributed by atoms with Gasteiger partial charge in [0, 0.05) is 39.8 Å². The van der Waals surface area contributed by atoms with Crippen molar-refractivity contribution in [3.8, 4) is 0 Å². The minimum absolute atomic E-state index is 0.185. The minimum atomic E-state index is -1.02. The highest BCUT2D eigenvalue weighted by molar-refractivity contribution is 8.00. The van der Waals surface area contributed by atoms with Crippen LogP contribution in [0.25, 0.3) is 0 Å². The van der Waals surface area contributed by atoms with E-state index in [2.05, 4.69) is 12.2 Å². The maximum absolute atomic E-state index is 13.4.